The average Bonchev–Trinajstić information content (AvgIpc) is 2.37. The first-order chi connectivity index (χ1) is 9.68. The summed E-state index contributed by atoms with van der Waals surface area (Å²) in [5.74, 6) is -0.428. The van der Waals surface area contributed by atoms with E-state index in [1.165, 1.54) is 30.4 Å². The minimum absolute atomic E-state index is 0.0755. The molecule has 2 N–H and O–H groups in total. The van der Waals surface area contributed by atoms with E-state index >= 15 is 0 Å². The minimum atomic E-state index is -1.22. The second-order valence-corrected chi connectivity index (χ2v) is 5.92. The highest BCUT2D eigenvalue weighted by Crippen LogP contribution is 2.36. The fraction of sp³-hybridized carbons (Fsp3) is 0.200. The van der Waals surface area contributed by atoms with Gasteiger partial charge in [-0.05, 0) is 44.2 Å². The number of aromatic hydroxyl groups is 1. The molecule has 6 heteroatoms. The van der Waals surface area contributed by atoms with Gasteiger partial charge < -0.3 is 10.2 Å². The predicted molar refractivity (Wildman–Crippen MR) is 83.7 cm³/mol. The van der Waals surface area contributed by atoms with Gasteiger partial charge in [-0.15, -0.1) is 0 Å². The number of phenolic OH excluding ortho intramolecular Hbond substituents is 1. The van der Waals surface area contributed by atoms with E-state index in [-0.39, 0.29) is 21.6 Å². The molecule has 0 aromatic heterocycles. The number of carbonyl (C=O) groups is 1. The molecular weight excluding hydrogens is 313 g/mol. The molecular formula is C15H13Cl2NO3. The summed E-state index contributed by atoms with van der Waals surface area (Å²) in [4.78, 5) is 15.8. The molecule has 21 heavy (non-hydrogen) atoms. The standard InChI is InChI=1S/C15H13Cl2NO3/c1-15(2,21)10-7-9(19)3-4-13(10)18-8-5-11(16)14(20)12(17)6-8/h3-7,20-21H,1-2H3. The summed E-state index contributed by atoms with van der Waals surface area (Å²) in [7, 11) is 0. The molecule has 0 aliphatic heterocycles. The van der Waals surface area contributed by atoms with Crippen LogP contribution in [0.25, 0.3) is 0 Å². The zero-order valence-corrected chi connectivity index (χ0v) is 12.9. The number of allylic oxidation sites excluding steroid dienone is 3. The molecule has 0 atom stereocenters. The molecule has 0 saturated heterocycles. The maximum atomic E-state index is 11.5. The Labute approximate surface area is 132 Å². The molecule has 0 spiro atoms. The summed E-state index contributed by atoms with van der Waals surface area (Å²) in [6.45, 7) is 3.13. The number of benzene rings is 1. The van der Waals surface area contributed by atoms with Crippen molar-refractivity contribution in [1.82, 2.24) is 0 Å². The van der Waals surface area contributed by atoms with E-state index in [0.29, 0.717) is 17.0 Å². The number of phenols is 1. The van der Waals surface area contributed by atoms with Crippen LogP contribution in [-0.2, 0) is 4.79 Å². The van der Waals surface area contributed by atoms with Crippen molar-refractivity contribution in [3.05, 3.63) is 46.0 Å². The van der Waals surface area contributed by atoms with Crippen molar-refractivity contribution in [3.63, 3.8) is 0 Å². The van der Waals surface area contributed by atoms with Crippen LogP contribution in [0, 0.1) is 0 Å². The molecule has 1 aliphatic carbocycles. The van der Waals surface area contributed by atoms with Gasteiger partial charge in [0.25, 0.3) is 0 Å². The molecule has 2 rings (SSSR count). The van der Waals surface area contributed by atoms with Crippen molar-refractivity contribution in [2.45, 2.75) is 19.4 Å². The summed E-state index contributed by atoms with van der Waals surface area (Å²) >= 11 is 11.7. The molecule has 1 aromatic rings. The van der Waals surface area contributed by atoms with Gasteiger partial charge in [0.05, 0.1) is 27.0 Å². The smallest absolute Gasteiger partial charge is 0.179 e. The molecule has 0 unspecified atom stereocenters. The Morgan fingerprint density at radius 3 is 2.24 bits per heavy atom. The van der Waals surface area contributed by atoms with Crippen LogP contribution in [0.3, 0.4) is 0 Å². The van der Waals surface area contributed by atoms with E-state index in [0.717, 1.165) is 0 Å². The van der Waals surface area contributed by atoms with E-state index in [9.17, 15) is 15.0 Å². The number of hydrogen-bond acceptors (Lipinski definition) is 4. The normalized spacial score (nSPS) is 17.3. The second-order valence-electron chi connectivity index (χ2n) is 5.11. The third-order valence-electron chi connectivity index (χ3n) is 2.88. The van der Waals surface area contributed by atoms with Crippen LogP contribution in [0.15, 0.2) is 40.9 Å². The van der Waals surface area contributed by atoms with Crippen molar-refractivity contribution in [1.29, 1.82) is 0 Å². The van der Waals surface area contributed by atoms with Crippen molar-refractivity contribution < 1.29 is 15.0 Å². The van der Waals surface area contributed by atoms with E-state index in [1.54, 1.807) is 13.8 Å². The lowest BCUT2D eigenvalue weighted by atomic mass is 9.89. The fourth-order valence-corrected chi connectivity index (χ4v) is 2.33. The van der Waals surface area contributed by atoms with Gasteiger partial charge in [-0.25, -0.2) is 4.99 Å². The number of halogens is 2. The Balaban J connectivity index is 2.51. The summed E-state index contributed by atoms with van der Waals surface area (Å²) in [6, 6.07) is 2.89. The number of nitrogens with zero attached hydrogens (tertiary/aromatic N) is 1. The van der Waals surface area contributed by atoms with E-state index in [1.807, 2.05) is 0 Å². The van der Waals surface area contributed by atoms with Gasteiger partial charge in [0, 0.05) is 5.57 Å². The Morgan fingerprint density at radius 1 is 1.14 bits per heavy atom. The SMILES string of the molecule is CC(C)(O)C1=CC(=O)C=CC1=Nc1cc(Cl)c(O)c(Cl)c1. The molecule has 0 heterocycles. The van der Waals surface area contributed by atoms with Gasteiger partial charge in [-0.2, -0.15) is 0 Å². The Bertz CT molecular complexity index is 674. The van der Waals surface area contributed by atoms with Crippen LogP contribution >= 0.6 is 23.2 Å². The maximum absolute atomic E-state index is 11.5. The molecule has 1 aliphatic rings. The van der Waals surface area contributed by atoms with Gasteiger partial charge >= 0.3 is 0 Å². The zero-order chi connectivity index (χ0) is 15.8. The van der Waals surface area contributed by atoms with Crippen molar-refractivity contribution >= 4 is 40.4 Å². The largest absolute Gasteiger partial charge is 0.505 e. The molecule has 110 valence electrons. The van der Waals surface area contributed by atoms with Crippen LogP contribution in [0.2, 0.25) is 10.0 Å². The molecule has 0 saturated carbocycles. The Morgan fingerprint density at radius 2 is 1.71 bits per heavy atom. The number of aliphatic hydroxyl groups is 1. The lowest BCUT2D eigenvalue weighted by Gasteiger charge is -2.23. The third-order valence-corrected chi connectivity index (χ3v) is 3.45. The number of aliphatic imine (C=N–C) groups is 1. The Kier molecular flexibility index (Phi) is 4.23. The highest BCUT2D eigenvalue weighted by atomic mass is 35.5. The quantitative estimate of drug-likeness (QED) is 0.816. The zero-order valence-electron chi connectivity index (χ0n) is 11.4. The fourth-order valence-electron chi connectivity index (χ4n) is 1.86. The van der Waals surface area contributed by atoms with Gasteiger partial charge in [0.2, 0.25) is 0 Å². The summed E-state index contributed by atoms with van der Waals surface area (Å²) in [6.07, 6.45) is 4.21. The van der Waals surface area contributed by atoms with Crippen molar-refractivity contribution in [3.8, 4) is 5.75 Å². The van der Waals surface area contributed by atoms with Gasteiger partial charge in [-0.1, -0.05) is 23.2 Å². The number of rotatable bonds is 2. The number of carbonyl (C=O) groups excluding carboxylic acids is 1. The van der Waals surface area contributed by atoms with Crippen LogP contribution in [0.1, 0.15) is 13.8 Å². The van der Waals surface area contributed by atoms with Crippen LogP contribution in [0.5, 0.6) is 5.75 Å². The summed E-state index contributed by atoms with van der Waals surface area (Å²) < 4.78 is 0. The first-order valence-electron chi connectivity index (χ1n) is 6.12. The van der Waals surface area contributed by atoms with Crippen LogP contribution in [0.4, 0.5) is 5.69 Å². The molecule has 4 nitrogen and oxygen atoms in total. The molecule has 0 radical (unpaired) electrons. The highest BCUT2D eigenvalue weighted by Gasteiger charge is 2.26. The first-order valence-corrected chi connectivity index (χ1v) is 6.88. The van der Waals surface area contributed by atoms with Gasteiger partial charge in [0.15, 0.2) is 11.5 Å². The molecule has 0 fully saturated rings. The van der Waals surface area contributed by atoms with E-state index in [2.05, 4.69) is 4.99 Å². The lowest BCUT2D eigenvalue weighted by Crippen LogP contribution is -2.29. The maximum Gasteiger partial charge on any atom is 0.179 e. The van der Waals surface area contributed by atoms with E-state index < -0.39 is 5.60 Å². The van der Waals surface area contributed by atoms with Crippen molar-refractivity contribution in [2.75, 3.05) is 0 Å². The lowest BCUT2D eigenvalue weighted by molar-refractivity contribution is -0.110. The van der Waals surface area contributed by atoms with Gasteiger partial charge in [0.1, 0.15) is 0 Å². The summed E-state index contributed by atoms with van der Waals surface area (Å²) in [5.41, 5.74) is 0.0197. The average molecular weight is 326 g/mol. The van der Waals surface area contributed by atoms with Crippen LogP contribution < -0.4 is 0 Å². The molecule has 0 bridgehead atoms. The van der Waals surface area contributed by atoms with Gasteiger partial charge in [-0.3, -0.25) is 4.79 Å². The van der Waals surface area contributed by atoms with Crippen molar-refractivity contribution in [2.24, 2.45) is 4.99 Å². The summed E-state index contributed by atoms with van der Waals surface area (Å²) in [5, 5.41) is 19.8. The minimum Gasteiger partial charge on any atom is -0.505 e. The number of hydrogen-bond donors (Lipinski definition) is 2. The molecule has 0 amide bonds. The molecule has 1 aromatic carbocycles. The Hall–Kier alpha value is -1.62. The second kappa shape index (κ2) is 5.64. The topological polar surface area (TPSA) is 69.9 Å². The van der Waals surface area contributed by atoms with Crippen LogP contribution in [-0.4, -0.2) is 27.3 Å². The third kappa shape index (κ3) is 3.53. The highest BCUT2D eigenvalue weighted by molar-refractivity contribution is 6.37. The number of ketones is 1. The first kappa shape index (κ1) is 15.8. The van der Waals surface area contributed by atoms with E-state index in [4.69, 9.17) is 23.2 Å². The predicted octanol–water partition coefficient (Wildman–Crippen LogP) is 3.61. The monoisotopic (exact) mass is 325 g/mol.